The summed E-state index contributed by atoms with van der Waals surface area (Å²) >= 11 is 2.79. The first kappa shape index (κ1) is 17.2. The van der Waals surface area contributed by atoms with Crippen LogP contribution in [0.25, 0.3) is 10.6 Å². The molecule has 0 bridgehead atoms. The number of halogens is 1. The Labute approximate surface area is 151 Å². The lowest BCUT2D eigenvalue weighted by molar-refractivity contribution is -0.119. The molecule has 0 radical (unpaired) electrons. The van der Waals surface area contributed by atoms with Crippen LogP contribution in [0.15, 0.2) is 41.8 Å². The molecular weight excluding hydrogens is 361 g/mol. The van der Waals surface area contributed by atoms with Crippen LogP contribution in [0.1, 0.15) is 22.2 Å². The number of rotatable bonds is 5. The molecule has 0 fully saturated rings. The molecule has 8 heteroatoms. The topological polar surface area (TPSA) is 71.1 Å². The zero-order valence-electron chi connectivity index (χ0n) is 13.2. The summed E-state index contributed by atoms with van der Waals surface area (Å²) in [6.07, 6.45) is 0. The highest BCUT2D eigenvalue weighted by molar-refractivity contribution is 7.17. The summed E-state index contributed by atoms with van der Waals surface area (Å²) in [7, 11) is 0. The number of thiophene rings is 1. The van der Waals surface area contributed by atoms with Gasteiger partial charge in [0.25, 0.3) is 5.91 Å². The third-order valence-electron chi connectivity index (χ3n) is 3.27. The fraction of sp³-hybridized carbons (Fsp3) is 0.118. The normalized spacial score (nSPS) is 10.5. The molecule has 5 nitrogen and oxygen atoms in total. The SMILES string of the molecule is CC(=O)NCc1ccc(-c2csc(NC(=O)c3ccccc3F)n2)s1. The predicted octanol–water partition coefficient (Wildman–Crippen LogP) is 3.90. The van der Waals surface area contributed by atoms with Gasteiger partial charge in [0.1, 0.15) is 5.82 Å². The van der Waals surface area contributed by atoms with Gasteiger partial charge in [0.15, 0.2) is 5.13 Å². The monoisotopic (exact) mass is 375 g/mol. The molecule has 0 spiro atoms. The van der Waals surface area contributed by atoms with Gasteiger partial charge in [-0.05, 0) is 24.3 Å². The molecule has 2 heterocycles. The van der Waals surface area contributed by atoms with Crippen molar-refractivity contribution in [2.45, 2.75) is 13.5 Å². The van der Waals surface area contributed by atoms with Crippen LogP contribution in [0.5, 0.6) is 0 Å². The minimum absolute atomic E-state index is 0.0204. The Morgan fingerprint density at radius 3 is 2.76 bits per heavy atom. The molecule has 0 atom stereocenters. The predicted molar refractivity (Wildman–Crippen MR) is 97.3 cm³/mol. The highest BCUT2D eigenvalue weighted by atomic mass is 32.1. The Morgan fingerprint density at radius 1 is 1.20 bits per heavy atom. The first-order chi connectivity index (χ1) is 12.0. The van der Waals surface area contributed by atoms with E-state index < -0.39 is 11.7 Å². The van der Waals surface area contributed by atoms with Crippen LogP contribution in [0.2, 0.25) is 0 Å². The minimum atomic E-state index is -0.572. The first-order valence-electron chi connectivity index (χ1n) is 7.38. The van der Waals surface area contributed by atoms with Crippen LogP contribution in [-0.4, -0.2) is 16.8 Å². The summed E-state index contributed by atoms with van der Waals surface area (Å²) in [5.74, 6) is -1.18. The van der Waals surface area contributed by atoms with Crippen molar-refractivity contribution in [3.63, 3.8) is 0 Å². The van der Waals surface area contributed by atoms with Gasteiger partial charge < -0.3 is 5.32 Å². The maximum absolute atomic E-state index is 13.6. The van der Waals surface area contributed by atoms with E-state index in [0.29, 0.717) is 11.7 Å². The highest BCUT2D eigenvalue weighted by Gasteiger charge is 2.14. The Balaban J connectivity index is 1.69. The van der Waals surface area contributed by atoms with Crippen LogP contribution in [-0.2, 0) is 11.3 Å². The van der Waals surface area contributed by atoms with Gasteiger partial charge in [-0.15, -0.1) is 22.7 Å². The molecule has 0 unspecified atom stereocenters. The van der Waals surface area contributed by atoms with Gasteiger partial charge in [0, 0.05) is 17.2 Å². The quantitative estimate of drug-likeness (QED) is 0.710. The van der Waals surface area contributed by atoms with E-state index in [2.05, 4.69) is 15.6 Å². The van der Waals surface area contributed by atoms with Crippen molar-refractivity contribution < 1.29 is 14.0 Å². The number of hydrogen-bond acceptors (Lipinski definition) is 5. The van der Waals surface area contributed by atoms with E-state index in [1.165, 1.54) is 47.8 Å². The number of aromatic nitrogens is 1. The largest absolute Gasteiger partial charge is 0.351 e. The number of nitrogens with one attached hydrogen (secondary N) is 2. The van der Waals surface area contributed by atoms with Crippen LogP contribution < -0.4 is 10.6 Å². The second-order valence-corrected chi connectivity index (χ2v) is 7.17. The highest BCUT2D eigenvalue weighted by Crippen LogP contribution is 2.31. The molecule has 1 aromatic carbocycles. The third kappa shape index (κ3) is 4.28. The summed E-state index contributed by atoms with van der Waals surface area (Å²) in [5, 5.41) is 7.58. The molecule has 0 saturated heterocycles. The van der Waals surface area contributed by atoms with Gasteiger partial charge in [-0.1, -0.05) is 12.1 Å². The molecule has 2 N–H and O–H groups in total. The van der Waals surface area contributed by atoms with Crippen molar-refractivity contribution in [1.29, 1.82) is 0 Å². The number of anilines is 1. The number of nitrogens with zero attached hydrogens (tertiary/aromatic N) is 1. The standard InChI is InChI=1S/C17H14FN3O2S2/c1-10(22)19-8-11-6-7-15(25-11)14-9-24-17(20-14)21-16(23)12-4-2-3-5-13(12)18/h2-7,9H,8H2,1H3,(H,19,22)(H,20,21,23). The number of thiazole rings is 1. The van der Waals surface area contributed by atoms with E-state index in [9.17, 15) is 14.0 Å². The smallest absolute Gasteiger partial charge is 0.260 e. The molecule has 3 rings (SSSR count). The van der Waals surface area contributed by atoms with Gasteiger partial charge in [-0.25, -0.2) is 9.37 Å². The van der Waals surface area contributed by atoms with E-state index in [1.54, 1.807) is 6.07 Å². The Kier molecular flexibility index (Phi) is 5.20. The molecule has 128 valence electrons. The Hall–Kier alpha value is -2.58. The first-order valence-corrected chi connectivity index (χ1v) is 9.07. The summed E-state index contributed by atoms with van der Waals surface area (Å²) in [4.78, 5) is 29.4. The van der Waals surface area contributed by atoms with E-state index in [1.807, 2.05) is 17.5 Å². The molecule has 0 saturated carbocycles. The molecule has 0 aliphatic heterocycles. The zero-order valence-corrected chi connectivity index (χ0v) is 14.8. The van der Waals surface area contributed by atoms with Gasteiger partial charge in [-0.3, -0.25) is 14.9 Å². The van der Waals surface area contributed by atoms with Crippen molar-refractivity contribution in [2.24, 2.45) is 0 Å². The lowest BCUT2D eigenvalue weighted by Crippen LogP contribution is -2.17. The number of amides is 2. The van der Waals surface area contributed by atoms with E-state index in [0.717, 1.165) is 15.4 Å². The fourth-order valence-corrected chi connectivity index (χ4v) is 3.76. The average Bonchev–Trinajstić information content (AvgIpc) is 3.22. The average molecular weight is 375 g/mol. The van der Waals surface area contributed by atoms with E-state index in [-0.39, 0.29) is 11.5 Å². The van der Waals surface area contributed by atoms with Crippen molar-refractivity contribution in [3.05, 3.63) is 58.0 Å². The molecule has 0 aliphatic carbocycles. The number of carbonyl (C=O) groups excluding carboxylic acids is 2. The molecule has 3 aromatic rings. The van der Waals surface area contributed by atoms with E-state index >= 15 is 0 Å². The number of benzene rings is 1. The van der Waals surface area contributed by atoms with Crippen LogP contribution >= 0.6 is 22.7 Å². The van der Waals surface area contributed by atoms with Crippen LogP contribution in [0.3, 0.4) is 0 Å². The van der Waals surface area contributed by atoms with Crippen molar-refractivity contribution in [1.82, 2.24) is 10.3 Å². The van der Waals surface area contributed by atoms with Gasteiger partial charge >= 0.3 is 0 Å². The minimum Gasteiger partial charge on any atom is -0.351 e. The fourth-order valence-electron chi connectivity index (χ4n) is 2.08. The Bertz CT molecular complexity index is 920. The molecule has 2 aromatic heterocycles. The van der Waals surface area contributed by atoms with Gasteiger partial charge in [-0.2, -0.15) is 0 Å². The van der Waals surface area contributed by atoms with Gasteiger partial charge in [0.05, 0.1) is 22.7 Å². The molecule has 2 amide bonds. The number of hydrogen-bond donors (Lipinski definition) is 2. The summed E-state index contributed by atoms with van der Waals surface area (Å²) < 4.78 is 13.6. The van der Waals surface area contributed by atoms with Crippen LogP contribution in [0.4, 0.5) is 9.52 Å². The van der Waals surface area contributed by atoms with Crippen molar-refractivity contribution in [3.8, 4) is 10.6 Å². The van der Waals surface area contributed by atoms with E-state index in [4.69, 9.17) is 0 Å². The number of carbonyl (C=O) groups is 2. The Morgan fingerprint density at radius 2 is 2.00 bits per heavy atom. The summed E-state index contributed by atoms with van der Waals surface area (Å²) in [6, 6.07) is 9.64. The second-order valence-electron chi connectivity index (χ2n) is 5.15. The second kappa shape index (κ2) is 7.54. The van der Waals surface area contributed by atoms with Crippen LogP contribution in [0, 0.1) is 5.82 Å². The molecule has 25 heavy (non-hydrogen) atoms. The van der Waals surface area contributed by atoms with Gasteiger partial charge in [0.2, 0.25) is 5.91 Å². The molecule has 0 aliphatic rings. The summed E-state index contributed by atoms with van der Waals surface area (Å²) in [6.45, 7) is 1.94. The van der Waals surface area contributed by atoms with Crippen molar-refractivity contribution in [2.75, 3.05) is 5.32 Å². The zero-order chi connectivity index (χ0) is 17.8. The molecular formula is C17H14FN3O2S2. The maximum atomic E-state index is 13.6. The third-order valence-corrected chi connectivity index (χ3v) is 5.13. The maximum Gasteiger partial charge on any atom is 0.260 e. The lowest BCUT2D eigenvalue weighted by atomic mass is 10.2. The lowest BCUT2D eigenvalue weighted by Gasteiger charge is -2.02. The summed E-state index contributed by atoms with van der Waals surface area (Å²) in [5.41, 5.74) is 0.709. The van der Waals surface area contributed by atoms with Crippen molar-refractivity contribution >= 4 is 39.6 Å².